The highest BCUT2D eigenvalue weighted by Gasteiger charge is 2.25. The summed E-state index contributed by atoms with van der Waals surface area (Å²) in [4.78, 5) is 27.4. The molecule has 2 aromatic rings. The first-order valence-corrected chi connectivity index (χ1v) is 9.56. The van der Waals surface area contributed by atoms with Gasteiger partial charge in [-0.05, 0) is 50.1 Å². The molecule has 28 heavy (non-hydrogen) atoms. The standard InChI is InChI=1S/C21H24ClN5O/c1-13-5-6-16(14(2)25-15(3)23-4)11-18(13)24-12-21(28)27-10-9-17-19(27)7-8-20(22)26-17/h5-8,11,24H,9-10,12H2,1-4H3. The molecule has 0 atom stereocenters. The van der Waals surface area contributed by atoms with Crippen molar-refractivity contribution in [2.75, 3.05) is 30.4 Å². The number of carbonyl (C=O) groups is 1. The average Bonchev–Trinajstić information content (AvgIpc) is 3.09. The number of aryl methyl sites for hydroxylation is 1. The molecule has 1 aromatic heterocycles. The normalized spacial score (nSPS) is 14.2. The Balaban J connectivity index is 1.72. The van der Waals surface area contributed by atoms with E-state index in [2.05, 4.69) is 20.3 Å². The fourth-order valence-corrected chi connectivity index (χ4v) is 3.32. The number of hydrogen-bond donors (Lipinski definition) is 1. The first-order valence-electron chi connectivity index (χ1n) is 9.18. The zero-order valence-electron chi connectivity index (χ0n) is 16.6. The van der Waals surface area contributed by atoms with Gasteiger partial charge >= 0.3 is 0 Å². The summed E-state index contributed by atoms with van der Waals surface area (Å²) < 4.78 is 0. The number of benzene rings is 1. The molecule has 6 nitrogen and oxygen atoms in total. The monoisotopic (exact) mass is 397 g/mol. The van der Waals surface area contributed by atoms with Gasteiger partial charge in [0, 0.05) is 31.4 Å². The Morgan fingerprint density at radius 2 is 2.07 bits per heavy atom. The molecule has 0 bridgehead atoms. The fourth-order valence-electron chi connectivity index (χ4n) is 3.16. The van der Waals surface area contributed by atoms with Gasteiger partial charge in [0.05, 0.1) is 17.9 Å². The Kier molecular flexibility index (Phi) is 6.09. The highest BCUT2D eigenvalue weighted by Crippen LogP contribution is 2.28. The van der Waals surface area contributed by atoms with E-state index in [4.69, 9.17) is 11.6 Å². The molecule has 0 saturated carbocycles. The van der Waals surface area contributed by atoms with Crippen LogP contribution in [0.15, 0.2) is 40.3 Å². The molecule has 1 amide bonds. The zero-order valence-corrected chi connectivity index (χ0v) is 17.3. The Morgan fingerprint density at radius 3 is 2.82 bits per heavy atom. The highest BCUT2D eigenvalue weighted by atomic mass is 35.5. The molecule has 0 aliphatic carbocycles. The van der Waals surface area contributed by atoms with Crippen LogP contribution in [-0.2, 0) is 11.2 Å². The van der Waals surface area contributed by atoms with Crippen molar-refractivity contribution in [3.8, 4) is 0 Å². The molecule has 1 aliphatic heterocycles. The number of nitrogens with zero attached hydrogens (tertiary/aromatic N) is 4. The van der Waals surface area contributed by atoms with Gasteiger partial charge in [-0.25, -0.2) is 9.98 Å². The number of nitrogens with one attached hydrogen (secondary N) is 1. The molecular formula is C21H24ClN5O. The number of rotatable bonds is 4. The number of halogens is 1. The Morgan fingerprint density at radius 1 is 1.29 bits per heavy atom. The molecule has 7 heteroatoms. The predicted molar refractivity (Wildman–Crippen MR) is 116 cm³/mol. The van der Waals surface area contributed by atoms with Gasteiger partial charge in [0.15, 0.2) is 0 Å². The number of pyridine rings is 1. The molecule has 0 unspecified atom stereocenters. The van der Waals surface area contributed by atoms with Crippen LogP contribution in [0.25, 0.3) is 0 Å². The summed E-state index contributed by atoms with van der Waals surface area (Å²) in [7, 11) is 1.72. The van der Waals surface area contributed by atoms with Crippen LogP contribution in [0.5, 0.6) is 0 Å². The molecule has 1 aromatic carbocycles. The molecule has 0 fully saturated rings. The van der Waals surface area contributed by atoms with Gasteiger partial charge in [0.25, 0.3) is 0 Å². The van der Waals surface area contributed by atoms with Crippen LogP contribution in [0.3, 0.4) is 0 Å². The number of fused-ring (bicyclic) bond motifs is 1. The third kappa shape index (κ3) is 4.39. The topological polar surface area (TPSA) is 70.0 Å². The number of aromatic nitrogens is 1. The Hall–Kier alpha value is -2.73. The van der Waals surface area contributed by atoms with Crippen LogP contribution >= 0.6 is 11.6 Å². The molecule has 1 aliphatic rings. The van der Waals surface area contributed by atoms with Crippen molar-refractivity contribution in [3.05, 3.63) is 52.3 Å². The lowest BCUT2D eigenvalue weighted by Crippen LogP contribution is -2.34. The molecule has 146 valence electrons. The summed E-state index contributed by atoms with van der Waals surface area (Å²) in [6, 6.07) is 9.65. The van der Waals surface area contributed by atoms with Crippen molar-refractivity contribution in [2.24, 2.45) is 9.98 Å². The van der Waals surface area contributed by atoms with E-state index in [1.165, 1.54) is 0 Å². The molecule has 3 rings (SSSR count). The van der Waals surface area contributed by atoms with E-state index < -0.39 is 0 Å². The van der Waals surface area contributed by atoms with E-state index in [1.807, 2.05) is 45.0 Å². The van der Waals surface area contributed by atoms with Crippen LogP contribution in [-0.4, -0.2) is 42.6 Å². The number of hydrogen-bond acceptors (Lipinski definition) is 4. The van der Waals surface area contributed by atoms with Gasteiger partial charge in [0.1, 0.15) is 11.0 Å². The Bertz CT molecular complexity index is 967. The number of amides is 1. The average molecular weight is 398 g/mol. The molecular weight excluding hydrogens is 374 g/mol. The highest BCUT2D eigenvalue weighted by molar-refractivity contribution is 6.29. The second-order valence-corrected chi connectivity index (χ2v) is 7.13. The van der Waals surface area contributed by atoms with E-state index in [1.54, 1.807) is 18.0 Å². The summed E-state index contributed by atoms with van der Waals surface area (Å²) in [6.45, 7) is 6.67. The van der Waals surface area contributed by atoms with Gasteiger partial charge in [-0.15, -0.1) is 0 Å². The lowest BCUT2D eigenvalue weighted by Gasteiger charge is -2.18. The van der Waals surface area contributed by atoms with Gasteiger partial charge in [-0.3, -0.25) is 9.79 Å². The maximum Gasteiger partial charge on any atom is 0.246 e. The van der Waals surface area contributed by atoms with Crippen LogP contribution in [0.2, 0.25) is 5.15 Å². The van der Waals surface area contributed by atoms with Gasteiger partial charge in [-0.1, -0.05) is 23.7 Å². The first-order chi connectivity index (χ1) is 13.4. The van der Waals surface area contributed by atoms with E-state index in [-0.39, 0.29) is 12.5 Å². The van der Waals surface area contributed by atoms with Crippen molar-refractivity contribution >= 4 is 40.4 Å². The lowest BCUT2D eigenvalue weighted by atomic mass is 10.1. The van der Waals surface area contributed by atoms with E-state index in [0.29, 0.717) is 11.7 Å². The quantitative estimate of drug-likeness (QED) is 0.483. The lowest BCUT2D eigenvalue weighted by molar-refractivity contribution is -0.116. The molecule has 0 spiro atoms. The number of anilines is 2. The predicted octanol–water partition coefficient (Wildman–Crippen LogP) is 3.90. The molecule has 2 heterocycles. The Labute approximate surface area is 170 Å². The maximum atomic E-state index is 12.7. The van der Waals surface area contributed by atoms with E-state index in [0.717, 1.165) is 46.2 Å². The second kappa shape index (κ2) is 8.52. The van der Waals surface area contributed by atoms with E-state index in [9.17, 15) is 4.79 Å². The minimum absolute atomic E-state index is 0.00650. The SMILES string of the molecule is CN=C(C)N=C(C)c1ccc(C)c(NCC(=O)N2CCc3nc(Cl)ccc32)c1. The smallest absolute Gasteiger partial charge is 0.246 e. The van der Waals surface area contributed by atoms with Crippen molar-refractivity contribution in [2.45, 2.75) is 27.2 Å². The van der Waals surface area contributed by atoms with Gasteiger partial charge in [-0.2, -0.15) is 0 Å². The third-order valence-corrected chi connectivity index (χ3v) is 5.03. The van der Waals surface area contributed by atoms with Crippen molar-refractivity contribution in [3.63, 3.8) is 0 Å². The van der Waals surface area contributed by atoms with Crippen LogP contribution in [0.4, 0.5) is 11.4 Å². The van der Waals surface area contributed by atoms with Gasteiger partial charge < -0.3 is 10.2 Å². The van der Waals surface area contributed by atoms with Gasteiger partial charge in [0.2, 0.25) is 5.91 Å². The van der Waals surface area contributed by atoms with Crippen molar-refractivity contribution in [1.82, 2.24) is 4.98 Å². The van der Waals surface area contributed by atoms with Crippen LogP contribution < -0.4 is 10.2 Å². The summed E-state index contributed by atoms with van der Waals surface area (Å²) in [5.41, 5.74) is 5.58. The minimum Gasteiger partial charge on any atom is -0.376 e. The van der Waals surface area contributed by atoms with Crippen molar-refractivity contribution < 1.29 is 4.79 Å². The summed E-state index contributed by atoms with van der Waals surface area (Å²) in [5, 5.41) is 3.73. The number of carbonyl (C=O) groups excluding carboxylic acids is 1. The first kappa shape index (κ1) is 20.0. The van der Waals surface area contributed by atoms with Crippen LogP contribution in [0.1, 0.15) is 30.7 Å². The fraction of sp³-hybridized carbons (Fsp3) is 0.333. The molecule has 0 radical (unpaired) electrons. The third-order valence-electron chi connectivity index (χ3n) is 4.82. The minimum atomic E-state index is 0.00650. The number of aliphatic imine (C=N–C) groups is 2. The number of amidine groups is 1. The van der Waals surface area contributed by atoms with E-state index >= 15 is 0 Å². The maximum absolute atomic E-state index is 12.7. The molecule has 0 saturated heterocycles. The van der Waals surface area contributed by atoms with Crippen LogP contribution in [0, 0.1) is 6.92 Å². The summed E-state index contributed by atoms with van der Waals surface area (Å²) in [6.07, 6.45) is 0.726. The molecule has 1 N–H and O–H groups in total. The van der Waals surface area contributed by atoms with Crippen molar-refractivity contribution in [1.29, 1.82) is 0 Å². The summed E-state index contributed by atoms with van der Waals surface area (Å²) in [5.74, 6) is 0.733. The largest absolute Gasteiger partial charge is 0.376 e. The summed E-state index contributed by atoms with van der Waals surface area (Å²) >= 11 is 5.95. The second-order valence-electron chi connectivity index (χ2n) is 6.75. The zero-order chi connectivity index (χ0) is 20.3.